The van der Waals surface area contributed by atoms with Crippen LogP contribution in [0.2, 0.25) is 0 Å². The van der Waals surface area contributed by atoms with Crippen LogP contribution < -0.4 is 11.2 Å². The highest BCUT2D eigenvalue weighted by molar-refractivity contribution is 8.00. The number of rotatable bonds is 11. The molecule has 5 rings (SSSR count). The van der Waals surface area contributed by atoms with E-state index in [1.807, 2.05) is 91.0 Å². The Morgan fingerprint density at radius 2 is 1.21 bits per heavy atom. The number of hydrogen-bond donors (Lipinski definition) is 1. The van der Waals surface area contributed by atoms with E-state index < -0.39 is 22.7 Å². The summed E-state index contributed by atoms with van der Waals surface area (Å²) in [6, 6.07) is 31.2. The van der Waals surface area contributed by atoms with Gasteiger partial charge in [0.05, 0.1) is 31.7 Å². The lowest BCUT2D eigenvalue weighted by molar-refractivity contribution is -0.0920. The predicted octanol–water partition coefficient (Wildman–Crippen LogP) is 4.54. The number of hydrogen-bond acceptors (Lipinski definition) is 6. The SMILES string of the molecule is O=c1ccn([C@@H]2S[C@H](COCc3ccccc3)C(OCc3ccccc3)[C@H]2OCc2ccccc2)c(=O)[nH]1. The van der Waals surface area contributed by atoms with Crippen molar-refractivity contribution in [2.45, 2.75) is 42.7 Å². The van der Waals surface area contributed by atoms with E-state index >= 15 is 0 Å². The number of aromatic amines is 1. The smallest absolute Gasteiger partial charge is 0.329 e. The van der Waals surface area contributed by atoms with Gasteiger partial charge >= 0.3 is 5.69 Å². The first-order valence-electron chi connectivity index (χ1n) is 12.6. The van der Waals surface area contributed by atoms with E-state index in [-0.39, 0.29) is 11.4 Å². The van der Waals surface area contributed by atoms with Gasteiger partial charge in [-0.15, -0.1) is 11.8 Å². The average molecular weight is 531 g/mol. The Hall–Kier alpha value is -3.43. The Balaban J connectivity index is 1.41. The topological polar surface area (TPSA) is 82.5 Å². The molecule has 2 heterocycles. The van der Waals surface area contributed by atoms with E-state index in [1.54, 1.807) is 11.8 Å². The van der Waals surface area contributed by atoms with Gasteiger partial charge in [-0.3, -0.25) is 14.3 Å². The van der Waals surface area contributed by atoms with Crippen LogP contribution in [-0.4, -0.2) is 33.6 Å². The van der Waals surface area contributed by atoms with Crippen LogP contribution in [0.5, 0.6) is 0 Å². The van der Waals surface area contributed by atoms with Gasteiger partial charge in [0.2, 0.25) is 0 Å². The summed E-state index contributed by atoms with van der Waals surface area (Å²) in [7, 11) is 0. The standard InChI is InChI=1S/C30H30N2O5S/c33-26-16-17-32(30(34)31-26)29-28(37-20-24-14-8-3-9-15-24)27(36-19-23-12-6-2-7-13-23)25(38-29)21-35-18-22-10-4-1-5-11-22/h1-17,25,27-29H,18-21H2,(H,31,33,34)/t25-,27?,28-,29-/m1/s1. The first-order valence-corrected chi connectivity index (χ1v) is 13.5. The maximum atomic E-state index is 12.8. The van der Waals surface area contributed by atoms with Gasteiger partial charge in [-0.25, -0.2) is 4.79 Å². The van der Waals surface area contributed by atoms with Crippen molar-refractivity contribution in [3.63, 3.8) is 0 Å². The molecule has 0 radical (unpaired) electrons. The molecule has 7 nitrogen and oxygen atoms in total. The summed E-state index contributed by atoms with van der Waals surface area (Å²) in [5, 5.41) is -0.513. The zero-order chi connectivity index (χ0) is 26.2. The molecule has 0 aliphatic carbocycles. The quantitative estimate of drug-likeness (QED) is 0.307. The Morgan fingerprint density at radius 1 is 0.684 bits per heavy atom. The van der Waals surface area contributed by atoms with E-state index in [1.165, 1.54) is 16.8 Å². The van der Waals surface area contributed by atoms with Crippen molar-refractivity contribution >= 4 is 11.8 Å². The number of benzene rings is 3. The molecule has 1 aromatic heterocycles. The zero-order valence-corrected chi connectivity index (χ0v) is 21.7. The molecule has 1 aliphatic rings. The lowest BCUT2D eigenvalue weighted by atomic mass is 10.1. The lowest BCUT2D eigenvalue weighted by Crippen LogP contribution is -2.40. The van der Waals surface area contributed by atoms with Gasteiger partial charge in [0.25, 0.3) is 5.56 Å². The van der Waals surface area contributed by atoms with Crippen molar-refractivity contribution in [1.82, 2.24) is 9.55 Å². The maximum Gasteiger partial charge on any atom is 0.329 e. The van der Waals surface area contributed by atoms with Crippen molar-refractivity contribution in [3.05, 3.63) is 141 Å². The third kappa shape index (κ3) is 6.71. The van der Waals surface area contributed by atoms with E-state index in [4.69, 9.17) is 14.2 Å². The highest BCUT2D eigenvalue weighted by Gasteiger charge is 2.47. The number of H-pyrrole nitrogens is 1. The van der Waals surface area contributed by atoms with Crippen LogP contribution in [0, 0.1) is 0 Å². The molecular weight excluding hydrogens is 500 g/mol. The second-order valence-corrected chi connectivity index (χ2v) is 10.5. The van der Waals surface area contributed by atoms with Crippen LogP contribution in [-0.2, 0) is 34.0 Å². The Kier molecular flexibility index (Phi) is 8.88. The summed E-state index contributed by atoms with van der Waals surface area (Å²) in [5.74, 6) is 0. The highest BCUT2D eigenvalue weighted by atomic mass is 32.2. The second-order valence-electron chi connectivity index (χ2n) is 9.11. The summed E-state index contributed by atoms with van der Waals surface area (Å²) < 4.78 is 20.6. The Bertz CT molecular complexity index is 1390. The van der Waals surface area contributed by atoms with Gasteiger partial charge in [-0.1, -0.05) is 91.0 Å². The van der Waals surface area contributed by atoms with Gasteiger partial charge in [0.1, 0.15) is 17.6 Å². The van der Waals surface area contributed by atoms with Crippen LogP contribution in [0.15, 0.2) is 113 Å². The van der Waals surface area contributed by atoms with Crippen LogP contribution >= 0.6 is 11.8 Å². The normalized spacial score (nSPS) is 20.9. The van der Waals surface area contributed by atoms with E-state index in [0.29, 0.717) is 26.4 Å². The monoisotopic (exact) mass is 530 g/mol. The molecule has 0 saturated carbocycles. The molecule has 1 saturated heterocycles. The third-order valence-corrected chi connectivity index (χ3v) is 7.90. The number of thioether (sulfide) groups is 1. The predicted molar refractivity (Wildman–Crippen MR) is 148 cm³/mol. The van der Waals surface area contributed by atoms with Gasteiger partial charge in [-0.05, 0) is 16.7 Å². The summed E-state index contributed by atoms with van der Waals surface area (Å²) in [6.45, 7) is 1.66. The molecule has 8 heteroatoms. The molecule has 0 spiro atoms. The minimum atomic E-state index is -0.476. The molecule has 0 bridgehead atoms. The largest absolute Gasteiger partial charge is 0.376 e. The van der Waals surface area contributed by atoms with Crippen LogP contribution in [0.25, 0.3) is 0 Å². The third-order valence-electron chi connectivity index (χ3n) is 6.38. The summed E-state index contributed by atoms with van der Waals surface area (Å²) in [4.78, 5) is 26.9. The van der Waals surface area contributed by atoms with Crippen LogP contribution in [0.3, 0.4) is 0 Å². The minimum Gasteiger partial charge on any atom is -0.376 e. The molecule has 38 heavy (non-hydrogen) atoms. The van der Waals surface area contributed by atoms with Gasteiger partial charge in [0.15, 0.2) is 0 Å². The Labute approximate surface area is 225 Å². The summed E-state index contributed by atoms with van der Waals surface area (Å²) in [6.07, 6.45) is 0.709. The summed E-state index contributed by atoms with van der Waals surface area (Å²) in [5.41, 5.74) is 2.25. The molecule has 0 amide bonds. The lowest BCUT2D eigenvalue weighted by Gasteiger charge is -2.27. The van der Waals surface area contributed by atoms with Crippen molar-refractivity contribution in [2.75, 3.05) is 6.61 Å². The summed E-state index contributed by atoms with van der Waals surface area (Å²) >= 11 is 1.57. The molecule has 196 valence electrons. The molecule has 1 fully saturated rings. The van der Waals surface area contributed by atoms with Gasteiger partial charge in [0, 0.05) is 12.3 Å². The van der Waals surface area contributed by atoms with E-state index in [2.05, 4.69) is 4.98 Å². The van der Waals surface area contributed by atoms with Crippen molar-refractivity contribution < 1.29 is 14.2 Å². The fourth-order valence-corrected chi connectivity index (χ4v) is 6.08. The number of nitrogens with zero attached hydrogens (tertiary/aromatic N) is 1. The molecule has 1 N–H and O–H groups in total. The minimum absolute atomic E-state index is 0.105. The Morgan fingerprint density at radius 3 is 1.76 bits per heavy atom. The number of aromatic nitrogens is 2. The molecule has 4 atom stereocenters. The van der Waals surface area contributed by atoms with Crippen molar-refractivity contribution in [2.24, 2.45) is 0 Å². The fourth-order valence-electron chi connectivity index (χ4n) is 4.47. The van der Waals surface area contributed by atoms with E-state index in [0.717, 1.165) is 16.7 Å². The number of ether oxygens (including phenoxy) is 3. The van der Waals surface area contributed by atoms with Crippen LogP contribution in [0.1, 0.15) is 22.1 Å². The average Bonchev–Trinajstić information content (AvgIpc) is 3.29. The highest BCUT2D eigenvalue weighted by Crippen LogP contribution is 2.45. The molecule has 1 unspecified atom stereocenters. The molecule has 1 aliphatic heterocycles. The van der Waals surface area contributed by atoms with Crippen molar-refractivity contribution in [3.8, 4) is 0 Å². The molecular formula is C30H30N2O5S. The zero-order valence-electron chi connectivity index (χ0n) is 20.8. The fraction of sp³-hybridized carbons (Fsp3) is 0.267. The molecule has 3 aromatic carbocycles. The first kappa shape index (κ1) is 26.2. The first-order chi connectivity index (χ1) is 18.7. The second kappa shape index (κ2) is 12.9. The van der Waals surface area contributed by atoms with Gasteiger partial charge < -0.3 is 14.2 Å². The maximum absolute atomic E-state index is 12.8. The van der Waals surface area contributed by atoms with Crippen LogP contribution in [0.4, 0.5) is 0 Å². The van der Waals surface area contributed by atoms with E-state index in [9.17, 15) is 9.59 Å². The van der Waals surface area contributed by atoms with Crippen molar-refractivity contribution in [1.29, 1.82) is 0 Å². The number of nitrogens with one attached hydrogen (secondary N) is 1. The van der Waals surface area contributed by atoms with Gasteiger partial charge in [-0.2, -0.15) is 0 Å². The molecule has 4 aromatic rings.